The highest BCUT2D eigenvalue weighted by molar-refractivity contribution is 5.99. The van der Waals surface area contributed by atoms with Crippen LogP contribution in [0.5, 0.6) is 5.75 Å². The Balaban J connectivity index is 1.93. The fourth-order valence-corrected chi connectivity index (χ4v) is 2.73. The van der Waals surface area contributed by atoms with Crippen molar-refractivity contribution in [2.45, 2.75) is 20.3 Å². The molecule has 0 spiro atoms. The van der Waals surface area contributed by atoms with E-state index in [4.69, 9.17) is 14.2 Å². The maximum Gasteiger partial charge on any atom is 0.338 e. The molecule has 2 aromatic carbocycles. The molecule has 0 bridgehead atoms. The van der Waals surface area contributed by atoms with Gasteiger partial charge >= 0.3 is 18.0 Å². The number of rotatable bonds is 10. The van der Waals surface area contributed by atoms with E-state index in [9.17, 15) is 19.2 Å². The Morgan fingerprint density at radius 3 is 1.88 bits per heavy atom. The molecule has 0 aliphatic carbocycles. The second-order valence-electron chi connectivity index (χ2n) is 6.65. The van der Waals surface area contributed by atoms with E-state index in [2.05, 4.69) is 16.0 Å². The van der Waals surface area contributed by atoms with Crippen molar-refractivity contribution in [3.05, 3.63) is 53.6 Å². The zero-order chi connectivity index (χ0) is 24.2. The van der Waals surface area contributed by atoms with E-state index in [1.807, 2.05) is 0 Å². The number of hydrogen-bond donors (Lipinski definition) is 3. The van der Waals surface area contributed by atoms with E-state index in [0.717, 1.165) is 0 Å². The molecule has 0 unspecified atom stereocenters. The highest BCUT2D eigenvalue weighted by Gasteiger charge is 2.16. The van der Waals surface area contributed by atoms with Crippen molar-refractivity contribution in [1.82, 2.24) is 5.32 Å². The quantitative estimate of drug-likeness (QED) is 0.467. The largest absolute Gasteiger partial charge is 0.497 e. The fourth-order valence-electron chi connectivity index (χ4n) is 2.73. The lowest BCUT2D eigenvalue weighted by atomic mass is 10.1. The number of esters is 2. The molecule has 3 N–H and O–H groups in total. The highest BCUT2D eigenvalue weighted by atomic mass is 16.5. The maximum atomic E-state index is 12.3. The normalized spacial score (nSPS) is 10.0. The number of urea groups is 1. The summed E-state index contributed by atoms with van der Waals surface area (Å²) in [5.74, 6) is -1.02. The van der Waals surface area contributed by atoms with E-state index in [1.54, 1.807) is 45.2 Å². The van der Waals surface area contributed by atoms with Crippen LogP contribution in [0.25, 0.3) is 0 Å². The number of carbonyl (C=O) groups excluding carboxylic acids is 4. The molecule has 10 nitrogen and oxygen atoms in total. The van der Waals surface area contributed by atoms with Crippen LogP contribution in [0.2, 0.25) is 0 Å². The van der Waals surface area contributed by atoms with Gasteiger partial charge in [0.25, 0.3) is 0 Å². The van der Waals surface area contributed by atoms with Crippen LogP contribution >= 0.6 is 0 Å². The number of nitrogens with one attached hydrogen (secondary N) is 3. The van der Waals surface area contributed by atoms with Crippen molar-refractivity contribution in [2.24, 2.45) is 0 Å². The van der Waals surface area contributed by atoms with Crippen molar-refractivity contribution >= 4 is 35.3 Å². The average molecular weight is 457 g/mol. The van der Waals surface area contributed by atoms with Gasteiger partial charge in [-0.1, -0.05) is 0 Å². The lowest BCUT2D eigenvalue weighted by molar-refractivity contribution is -0.116. The number of amides is 3. The molecule has 0 saturated carbocycles. The van der Waals surface area contributed by atoms with E-state index >= 15 is 0 Å². The van der Waals surface area contributed by atoms with Crippen molar-refractivity contribution < 1.29 is 33.4 Å². The summed E-state index contributed by atoms with van der Waals surface area (Å²) in [6.07, 6.45) is -0.0333. The summed E-state index contributed by atoms with van der Waals surface area (Å²) in [7, 11) is 1.55. The smallest absolute Gasteiger partial charge is 0.338 e. The molecule has 3 amide bonds. The lowest BCUT2D eigenvalue weighted by Gasteiger charge is -2.11. The van der Waals surface area contributed by atoms with Crippen molar-refractivity contribution in [1.29, 1.82) is 0 Å². The molecule has 0 heterocycles. The first-order chi connectivity index (χ1) is 15.9. The van der Waals surface area contributed by atoms with Gasteiger partial charge in [-0.05, 0) is 56.3 Å². The summed E-state index contributed by atoms with van der Waals surface area (Å²) >= 11 is 0. The summed E-state index contributed by atoms with van der Waals surface area (Å²) in [5.41, 5.74) is 1.01. The van der Waals surface area contributed by atoms with E-state index in [0.29, 0.717) is 11.4 Å². The summed E-state index contributed by atoms with van der Waals surface area (Å²) in [6.45, 7) is 3.71. The first-order valence-electron chi connectivity index (χ1n) is 10.3. The molecular formula is C23H27N3O7. The molecule has 0 saturated heterocycles. The molecule has 0 aliphatic heterocycles. The summed E-state index contributed by atoms with van der Waals surface area (Å²) < 4.78 is 15.0. The SMILES string of the molecule is CCOC(=O)c1cc(NC(=O)CCNC(=O)Nc2ccc(OC)cc2)cc(C(=O)OCC)c1. The number of methoxy groups -OCH3 is 1. The van der Waals surface area contributed by atoms with Gasteiger partial charge in [0.15, 0.2) is 0 Å². The first kappa shape index (κ1) is 25.2. The van der Waals surface area contributed by atoms with Crippen molar-refractivity contribution in [3.8, 4) is 5.75 Å². The molecule has 0 aromatic heterocycles. The van der Waals surface area contributed by atoms with Gasteiger partial charge < -0.3 is 30.2 Å². The molecule has 0 fully saturated rings. The Morgan fingerprint density at radius 2 is 1.36 bits per heavy atom. The average Bonchev–Trinajstić information content (AvgIpc) is 2.79. The molecular weight excluding hydrogens is 430 g/mol. The van der Waals surface area contributed by atoms with Crippen LogP contribution in [0.15, 0.2) is 42.5 Å². The topological polar surface area (TPSA) is 132 Å². The molecule has 2 aromatic rings. The van der Waals surface area contributed by atoms with Gasteiger partial charge in [-0.2, -0.15) is 0 Å². The zero-order valence-electron chi connectivity index (χ0n) is 18.7. The van der Waals surface area contributed by atoms with Crippen LogP contribution in [-0.2, 0) is 14.3 Å². The monoisotopic (exact) mass is 457 g/mol. The number of benzene rings is 2. The number of carbonyl (C=O) groups is 4. The number of anilines is 2. The minimum Gasteiger partial charge on any atom is -0.497 e. The van der Waals surface area contributed by atoms with Crippen LogP contribution in [0.4, 0.5) is 16.2 Å². The molecule has 176 valence electrons. The molecule has 0 atom stereocenters. The van der Waals surface area contributed by atoms with Gasteiger partial charge in [0.05, 0.1) is 31.5 Å². The van der Waals surface area contributed by atoms with Crippen LogP contribution in [0.1, 0.15) is 41.0 Å². The third-order valence-corrected chi connectivity index (χ3v) is 4.22. The molecule has 2 rings (SSSR count). The number of ether oxygens (including phenoxy) is 3. The van der Waals surface area contributed by atoms with Gasteiger partial charge in [-0.25, -0.2) is 14.4 Å². The van der Waals surface area contributed by atoms with Gasteiger partial charge in [0, 0.05) is 24.3 Å². The van der Waals surface area contributed by atoms with Crippen LogP contribution in [0, 0.1) is 0 Å². The van der Waals surface area contributed by atoms with E-state index in [1.165, 1.54) is 18.2 Å². The molecule has 33 heavy (non-hydrogen) atoms. The fraction of sp³-hybridized carbons (Fsp3) is 0.304. The molecule has 0 radical (unpaired) electrons. The van der Waals surface area contributed by atoms with Gasteiger partial charge in [-0.15, -0.1) is 0 Å². The lowest BCUT2D eigenvalue weighted by Crippen LogP contribution is -2.31. The summed E-state index contributed by atoms with van der Waals surface area (Å²) in [6, 6.07) is 10.5. The zero-order valence-corrected chi connectivity index (χ0v) is 18.7. The molecule has 10 heteroatoms. The Hall–Kier alpha value is -4.08. The van der Waals surface area contributed by atoms with Gasteiger partial charge in [-0.3, -0.25) is 4.79 Å². The summed E-state index contributed by atoms with van der Waals surface area (Å²) in [5, 5.41) is 7.83. The van der Waals surface area contributed by atoms with Crippen LogP contribution in [0.3, 0.4) is 0 Å². The molecule has 0 aliphatic rings. The third-order valence-electron chi connectivity index (χ3n) is 4.22. The number of hydrogen-bond acceptors (Lipinski definition) is 7. The Kier molecular flexibility index (Phi) is 9.69. The van der Waals surface area contributed by atoms with Crippen molar-refractivity contribution in [2.75, 3.05) is 37.5 Å². The predicted octanol–water partition coefficient (Wildman–Crippen LogP) is 3.20. The van der Waals surface area contributed by atoms with Gasteiger partial charge in [0.2, 0.25) is 5.91 Å². The van der Waals surface area contributed by atoms with Gasteiger partial charge in [0.1, 0.15) is 5.75 Å². The third kappa shape index (κ3) is 8.17. The first-order valence-corrected chi connectivity index (χ1v) is 10.3. The van der Waals surface area contributed by atoms with Crippen molar-refractivity contribution in [3.63, 3.8) is 0 Å². The Labute approximate surface area is 191 Å². The van der Waals surface area contributed by atoms with Crippen LogP contribution < -0.4 is 20.7 Å². The Bertz CT molecular complexity index is 954. The highest BCUT2D eigenvalue weighted by Crippen LogP contribution is 2.18. The second kappa shape index (κ2) is 12.7. The summed E-state index contributed by atoms with van der Waals surface area (Å²) in [4.78, 5) is 48.5. The predicted molar refractivity (Wildman–Crippen MR) is 122 cm³/mol. The minimum absolute atomic E-state index is 0.0333. The van der Waals surface area contributed by atoms with Crippen LogP contribution in [-0.4, -0.2) is 50.7 Å². The van der Waals surface area contributed by atoms with E-state index in [-0.39, 0.29) is 43.0 Å². The Morgan fingerprint density at radius 1 is 0.788 bits per heavy atom. The second-order valence-corrected chi connectivity index (χ2v) is 6.65. The standard InChI is InChI=1S/C23H27N3O7/c1-4-32-21(28)15-12-16(22(29)33-5-2)14-18(13-15)25-20(27)10-11-24-23(30)26-17-6-8-19(31-3)9-7-17/h6-9,12-14H,4-5,10-11H2,1-3H3,(H,25,27)(H2,24,26,30). The van der Waals surface area contributed by atoms with E-state index < -0.39 is 23.9 Å². The maximum absolute atomic E-state index is 12.3. The minimum atomic E-state index is -0.629.